The number of amides is 1. The quantitative estimate of drug-likeness (QED) is 0.262. The SMILES string of the molecule is CC(C)(C)OC(=O)N1C[C@@H](S)C[C@]1(C=O)NC1=C(C2(N)NC=CS2)CC(=S(=O)=O)C=C1. The molecule has 0 bridgehead atoms. The summed E-state index contributed by atoms with van der Waals surface area (Å²) in [6, 6.07) is 0. The lowest BCUT2D eigenvalue weighted by Gasteiger charge is -2.39. The van der Waals surface area contributed by atoms with Gasteiger partial charge in [-0.2, -0.15) is 21.0 Å². The zero-order valence-electron chi connectivity index (χ0n) is 17.4. The highest BCUT2D eigenvalue weighted by molar-refractivity contribution is 8.03. The number of aldehydes is 1. The zero-order valence-corrected chi connectivity index (χ0v) is 19.9. The Bertz CT molecular complexity index is 996. The van der Waals surface area contributed by atoms with E-state index in [-0.39, 0.29) is 29.5 Å². The fourth-order valence-electron chi connectivity index (χ4n) is 3.61. The Morgan fingerprint density at radius 2 is 2.16 bits per heavy atom. The summed E-state index contributed by atoms with van der Waals surface area (Å²) < 4.78 is 28.6. The predicted molar refractivity (Wildman–Crippen MR) is 124 cm³/mol. The van der Waals surface area contributed by atoms with Crippen molar-refractivity contribution in [1.29, 1.82) is 0 Å². The second-order valence-corrected chi connectivity index (χ2v) is 11.4. The number of thioether (sulfide) groups is 1. The van der Waals surface area contributed by atoms with Crippen molar-refractivity contribution in [2.75, 3.05) is 6.54 Å². The van der Waals surface area contributed by atoms with Crippen LogP contribution < -0.4 is 16.4 Å². The first-order valence-electron chi connectivity index (χ1n) is 9.58. The Balaban J connectivity index is 2.02. The van der Waals surface area contributed by atoms with Gasteiger partial charge in [-0.3, -0.25) is 15.4 Å². The molecule has 3 atom stereocenters. The van der Waals surface area contributed by atoms with Crippen LogP contribution in [0.25, 0.3) is 0 Å². The van der Waals surface area contributed by atoms with Gasteiger partial charge in [-0.25, -0.2) is 4.79 Å². The van der Waals surface area contributed by atoms with Gasteiger partial charge in [0.15, 0.2) is 16.9 Å². The average Bonchev–Trinajstić information content (AvgIpc) is 3.25. The van der Waals surface area contributed by atoms with Gasteiger partial charge in [0.25, 0.3) is 0 Å². The molecular formula is C19H26N4O5S3. The van der Waals surface area contributed by atoms with Crippen LogP contribution in [0.4, 0.5) is 4.79 Å². The minimum Gasteiger partial charge on any atom is -0.444 e. The van der Waals surface area contributed by atoms with Crippen LogP contribution in [0.2, 0.25) is 0 Å². The summed E-state index contributed by atoms with van der Waals surface area (Å²) >= 11 is 5.77. The van der Waals surface area contributed by atoms with E-state index in [1.54, 1.807) is 38.5 Å². The van der Waals surface area contributed by atoms with E-state index in [1.165, 1.54) is 22.7 Å². The Hall–Kier alpha value is -1.89. The van der Waals surface area contributed by atoms with Gasteiger partial charge in [0.2, 0.25) is 10.3 Å². The van der Waals surface area contributed by atoms with Crippen molar-refractivity contribution in [2.45, 2.75) is 55.1 Å². The van der Waals surface area contributed by atoms with Crippen molar-refractivity contribution >= 4 is 51.9 Å². The van der Waals surface area contributed by atoms with E-state index in [0.29, 0.717) is 17.6 Å². The summed E-state index contributed by atoms with van der Waals surface area (Å²) in [5, 5.41) is 7.70. The molecule has 3 aliphatic rings. The molecule has 31 heavy (non-hydrogen) atoms. The Labute approximate surface area is 192 Å². The normalized spacial score (nSPS) is 30.4. The van der Waals surface area contributed by atoms with Gasteiger partial charge >= 0.3 is 6.09 Å². The Morgan fingerprint density at radius 3 is 2.71 bits per heavy atom. The van der Waals surface area contributed by atoms with Crippen molar-refractivity contribution in [3.63, 3.8) is 0 Å². The maximum atomic E-state index is 12.9. The number of allylic oxidation sites excluding steroid dienone is 2. The lowest BCUT2D eigenvalue weighted by atomic mass is 9.97. The number of hydrogen-bond acceptors (Lipinski definition) is 10. The van der Waals surface area contributed by atoms with Gasteiger partial charge in [0.1, 0.15) is 5.60 Å². The molecule has 0 radical (unpaired) electrons. The number of hydrogen-bond donors (Lipinski definition) is 4. The van der Waals surface area contributed by atoms with E-state index >= 15 is 0 Å². The molecule has 0 aromatic heterocycles. The van der Waals surface area contributed by atoms with Crippen LogP contribution >= 0.6 is 24.4 Å². The van der Waals surface area contributed by atoms with Gasteiger partial charge in [-0.1, -0.05) is 11.8 Å². The molecular weight excluding hydrogens is 460 g/mol. The van der Waals surface area contributed by atoms with Gasteiger partial charge in [0, 0.05) is 42.1 Å². The molecule has 12 heteroatoms. The van der Waals surface area contributed by atoms with Crippen LogP contribution in [0.5, 0.6) is 0 Å². The topological polar surface area (TPSA) is 131 Å². The summed E-state index contributed by atoms with van der Waals surface area (Å²) in [6.45, 7) is 5.44. The van der Waals surface area contributed by atoms with Crippen molar-refractivity contribution in [3.05, 3.63) is 35.0 Å². The number of nitrogens with two attached hydrogens (primary N) is 1. The smallest absolute Gasteiger partial charge is 0.412 e. The molecule has 2 heterocycles. The minimum atomic E-state index is -2.42. The fourth-order valence-corrected chi connectivity index (χ4v) is 5.31. The number of nitrogens with one attached hydrogen (secondary N) is 2. The van der Waals surface area contributed by atoms with Crippen LogP contribution in [0.1, 0.15) is 33.6 Å². The highest BCUT2D eigenvalue weighted by Gasteiger charge is 2.50. The molecule has 0 aromatic carbocycles. The number of ether oxygens (including phenoxy) is 1. The van der Waals surface area contributed by atoms with Crippen LogP contribution in [0, 0.1) is 0 Å². The minimum absolute atomic E-state index is 0.0544. The van der Waals surface area contributed by atoms with Gasteiger partial charge in [0.05, 0.1) is 4.86 Å². The zero-order chi connectivity index (χ0) is 23.0. The molecule has 2 aliphatic heterocycles. The molecule has 1 fully saturated rings. The standard InChI is InChI=1S/C19H26N4O5S3/c1-17(2,3)28-16(25)23-10-12(29)9-18(23,11-24)22-15-5-4-13(31(26)27)8-14(15)19(20)21-6-7-30-19/h4-7,11-12,21-22,29H,8-10,20H2,1-3H3/t12-,18-,19?/m0/s1. The molecule has 0 spiro atoms. The summed E-state index contributed by atoms with van der Waals surface area (Å²) in [5.74, 6) is 0. The van der Waals surface area contributed by atoms with Gasteiger partial charge in [-0.15, -0.1) is 0 Å². The van der Waals surface area contributed by atoms with Crippen LogP contribution in [-0.2, 0) is 19.8 Å². The van der Waals surface area contributed by atoms with Crippen LogP contribution in [0.3, 0.4) is 0 Å². The summed E-state index contributed by atoms with van der Waals surface area (Å²) in [5.41, 5.74) is 5.33. The molecule has 1 amide bonds. The van der Waals surface area contributed by atoms with E-state index in [4.69, 9.17) is 10.5 Å². The molecule has 0 aromatic rings. The Morgan fingerprint density at radius 1 is 1.45 bits per heavy atom. The van der Waals surface area contributed by atoms with E-state index in [2.05, 4.69) is 23.3 Å². The third kappa shape index (κ3) is 4.97. The highest BCUT2D eigenvalue weighted by Crippen LogP contribution is 2.38. The van der Waals surface area contributed by atoms with Gasteiger partial charge in [-0.05, 0) is 38.3 Å². The van der Waals surface area contributed by atoms with Crippen molar-refractivity contribution < 1.29 is 22.7 Å². The molecule has 1 unspecified atom stereocenters. The number of thiol groups is 1. The maximum absolute atomic E-state index is 12.9. The molecule has 0 saturated carbocycles. The third-order valence-corrected chi connectivity index (χ3v) is 7.04. The lowest BCUT2D eigenvalue weighted by Crippen LogP contribution is -2.60. The lowest BCUT2D eigenvalue weighted by molar-refractivity contribution is -0.118. The molecule has 1 saturated heterocycles. The first kappa shape index (κ1) is 23.8. The van der Waals surface area contributed by atoms with Crippen molar-refractivity contribution in [1.82, 2.24) is 15.5 Å². The molecule has 1 aliphatic carbocycles. The van der Waals surface area contributed by atoms with Gasteiger partial charge < -0.3 is 15.4 Å². The first-order chi connectivity index (χ1) is 14.4. The first-order valence-corrected chi connectivity index (χ1v) is 12.1. The summed E-state index contributed by atoms with van der Waals surface area (Å²) in [7, 11) is -2.42. The molecule has 3 rings (SSSR count). The second kappa shape index (κ2) is 8.57. The number of likely N-dealkylation sites (tertiary alicyclic amines) is 1. The predicted octanol–water partition coefficient (Wildman–Crippen LogP) is 1.10. The highest BCUT2D eigenvalue weighted by atomic mass is 32.2. The number of carbonyl (C=O) groups is 2. The molecule has 170 valence electrons. The fraction of sp³-hybridized carbons (Fsp3) is 0.526. The van der Waals surface area contributed by atoms with E-state index in [1.807, 2.05) is 0 Å². The maximum Gasteiger partial charge on any atom is 0.412 e. The third-order valence-electron chi connectivity index (χ3n) is 4.98. The summed E-state index contributed by atoms with van der Waals surface area (Å²) in [4.78, 5) is 25.6. The number of nitrogens with zero attached hydrogens (tertiary/aromatic N) is 1. The van der Waals surface area contributed by atoms with Crippen molar-refractivity contribution in [3.8, 4) is 0 Å². The average molecular weight is 487 g/mol. The summed E-state index contributed by atoms with van der Waals surface area (Å²) in [6.07, 6.45) is 4.99. The van der Waals surface area contributed by atoms with Crippen molar-refractivity contribution in [2.24, 2.45) is 5.73 Å². The van der Waals surface area contributed by atoms with Crippen LogP contribution in [-0.4, -0.2) is 58.6 Å². The van der Waals surface area contributed by atoms with E-state index < -0.39 is 32.6 Å². The largest absolute Gasteiger partial charge is 0.444 e. The van der Waals surface area contributed by atoms with E-state index in [9.17, 15) is 18.0 Å². The van der Waals surface area contributed by atoms with Crippen LogP contribution in [0.15, 0.2) is 35.0 Å². The monoisotopic (exact) mass is 486 g/mol. The number of rotatable bonds is 4. The number of carbonyl (C=O) groups excluding carboxylic acids is 2. The molecule has 4 N–H and O–H groups in total. The van der Waals surface area contributed by atoms with E-state index in [0.717, 1.165) is 0 Å². The molecule has 9 nitrogen and oxygen atoms in total. The second-order valence-electron chi connectivity index (χ2n) is 8.52. The Kier molecular flexibility index (Phi) is 6.57.